The number of nitrogens with zero attached hydrogens (tertiary/aromatic N) is 3. The second-order valence-electron chi connectivity index (χ2n) is 7.80. The number of aromatic nitrogens is 2. The third kappa shape index (κ3) is 6.28. The lowest BCUT2D eigenvalue weighted by atomic mass is 10.2. The number of para-hydroxylation sites is 1. The molecule has 0 fully saturated rings. The zero-order valence-corrected chi connectivity index (χ0v) is 19.2. The average Bonchev–Trinajstić information content (AvgIpc) is 2.82. The number of fused-ring (bicyclic) bond motifs is 2. The number of likely N-dealkylation sites (N-methyl/N-ethyl adjacent to an activating group) is 1. The Morgan fingerprint density at radius 1 is 1.03 bits per heavy atom. The van der Waals surface area contributed by atoms with Crippen LogP contribution < -0.4 is 10.6 Å². The first kappa shape index (κ1) is 22.7. The number of amides is 1. The summed E-state index contributed by atoms with van der Waals surface area (Å²) in [5, 5.41) is 9.19. The van der Waals surface area contributed by atoms with Crippen molar-refractivity contribution in [2.75, 3.05) is 38.5 Å². The molecule has 0 saturated carbocycles. The minimum atomic E-state index is -0.126. The quantitative estimate of drug-likeness (QED) is 0.358. The van der Waals surface area contributed by atoms with Crippen LogP contribution in [-0.4, -0.2) is 54.0 Å². The number of anilines is 1. The van der Waals surface area contributed by atoms with Crippen LogP contribution in [0.2, 0.25) is 5.02 Å². The van der Waals surface area contributed by atoms with Crippen molar-refractivity contribution in [1.29, 1.82) is 0 Å². The number of hydrogen-bond donors (Lipinski definition) is 2. The summed E-state index contributed by atoms with van der Waals surface area (Å²) in [7, 11) is 2.03. The Balaban J connectivity index is 1.19. The van der Waals surface area contributed by atoms with Crippen molar-refractivity contribution in [2.45, 2.75) is 0 Å². The summed E-state index contributed by atoms with van der Waals surface area (Å²) in [6.07, 6.45) is 5.04. The van der Waals surface area contributed by atoms with Crippen molar-refractivity contribution in [1.82, 2.24) is 20.2 Å². The van der Waals surface area contributed by atoms with Gasteiger partial charge in [-0.3, -0.25) is 9.78 Å². The summed E-state index contributed by atoms with van der Waals surface area (Å²) in [5.41, 5.74) is 3.58. The van der Waals surface area contributed by atoms with E-state index in [1.807, 2.05) is 67.7 Å². The molecule has 0 unspecified atom stereocenters. The van der Waals surface area contributed by atoms with Crippen molar-refractivity contribution in [3.05, 3.63) is 83.7 Å². The van der Waals surface area contributed by atoms with E-state index in [1.54, 1.807) is 12.3 Å². The lowest BCUT2D eigenvalue weighted by molar-refractivity contribution is -0.116. The molecule has 33 heavy (non-hydrogen) atoms. The number of hydrogen-bond acceptors (Lipinski definition) is 5. The van der Waals surface area contributed by atoms with Gasteiger partial charge in [-0.05, 0) is 49.5 Å². The molecule has 0 radical (unpaired) electrons. The van der Waals surface area contributed by atoms with Crippen LogP contribution in [0.25, 0.3) is 27.9 Å². The van der Waals surface area contributed by atoms with Gasteiger partial charge in [0.05, 0.1) is 16.7 Å². The first-order chi connectivity index (χ1) is 16.1. The highest BCUT2D eigenvalue weighted by molar-refractivity contribution is 6.31. The SMILES string of the molecule is CN(CCNC(=O)C=Cc1ccc2ccccc2n1)CCNc1ccnc2cc(Cl)ccc12. The predicted octanol–water partition coefficient (Wildman–Crippen LogP) is 4.61. The smallest absolute Gasteiger partial charge is 0.244 e. The van der Waals surface area contributed by atoms with Crippen LogP contribution in [-0.2, 0) is 4.79 Å². The van der Waals surface area contributed by atoms with Crippen molar-refractivity contribution in [2.24, 2.45) is 0 Å². The fourth-order valence-electron chi connectivity index (χ4n) is 3.53. The fourth-order valence-corrected chi connectivity index (χ4v) is 3.70. The van der Waals surface area contributed by atoms with Gasteiger partial charge in [-0.15, -0.1) is 0 Å². The van der Waals surface area contributed by atoms with Crippen molar-refractivity contribution >= 4 is 51.1 Å². The number of rotatable bonds is 9. The van der Waals surface area contributed by atoms with E-state index >= 15 is 0 Å². The molecule has 2 heterocycles. The van der Waals surface area contributed by atoms with Crippen LogP contribution in [0.5, 0.6) is 0 Å². The normalized spacial score (nSPS) is 11.5. The Morgan fingerprint density at radius 3 is 2.79 bits per heavy atom. The molecule has 0 aliphatic heterocycles. The monoisotopic (exact) mass is 459 g/mol. The van der Waals surface area contributed by atoms with Crippen LogP contribution in [0.3, 0.4) is 0 Å². The molecule has 168 valence electrons. The van der Waals surface area contributed by atoms with Gasteiger partial charge in [-0.25, -0.2) is 4.98 Å². The van der Waals surface area contributed by atoms with Gasteiger partial charge in [0.2, 0.25) is 5.91 Å². The van der Waals surface area contributed by atoms with E-state index in [0.29, 0.717) is 11.6 Å². The highest BCUT2D eigenvalue weighted by Gasteiger charge is 2.04. The van der Waals surface area contributed by atoms with Gasteiger partial charge < -0.3 is 15.5 Å². The van der Waals surface area contributed by atoms with Crippen LogP contribution in [0, 0.1) is 0 Å². The molecular formula is C26H26ClN5O. The number of pyridine rings is 2. The average molecular weight is 460 g/mol. The first-order valence-corrected chi connectivity index (χ1v) is 11.2. The van der Waals surface area contributed by atoms with Crippen LogP contribution in [0.15, 0.2) is 72.9 Å². The zero-order chi connectivity index (χ0) is 23.0. The van der Waals surface area contributed by atoms with E-state index in [-0.39, 0.29) is 5.91 Å². The molecule has 4 aromatic rings. The van der Waals surface area contributed by atoms with Crippen molar-refractivity contribution in [3.63, 3.8) is 0 Å². The Morgan fingerprint density at radius 2 is 1.88 bits per heavy atom. The second kappa shape index (κ2) is 10.9. The highest BCUT2D eigenvalue weighted by Crippen LogP contribution is 2.24. The zero-order valence-electron chi connectivity index (χ0n) is 18.5. The van der Waals surface area contributed by atoms with E-state index in [0.717, 1.165) is 52.8 Å². The molecule has 0 atom stereocenters. The maximum Gasteiger partial charge on any atom is 0.244 e. The second-order valence-corrected chi connectivity index (χ2v) is 8.24. The lowest BCUT2D eigenvalue weighted by Gasteiger charge is -2.18. The van der Waals surface area contributed by atoms with Gasteiger partial charge >= 0.3 is 0 Å². The summed E-state index contributed by atoms with van der Waals surface area (Å²) < 4.78 is 0. The molecule has 6 nitrogen and oxygen atoms in total. The van der Waals surface area contributed by atoms with Gasteiger partial charge in [-0.1, -0.05) is 35.9 Å². The summed E-state index contributed by atoms with van der Waals surface area (Å²) in [5.74, 6) is -0.126. The number of carbonyl (C=O) groups excluding carboxylic acids is 1. The van der Waals surface area contributed by atoms with E-state index in [2.05, 4.69) is 25.5 Å². The predicted molar refractivity (Wildman–Crippen MR) is 137 cm³/mol. The standard InChI is InChI=1S/C26H26ClN5O/c1-32(16-14-29-24-12-13-28-25-18-20(27)7-10-22(24)25)17-15-30-26(33)11-9-21-8-6-19-4-2-3-5-23(19)31-21/h2-13,18H,14-17H2,1H3,(H,28,29)(H,30,33). The maximum absolute atomic E-state index is 12.1. The Hall–Kier alpha value is -3.48. The summed E-state index contributed by atoms with van der Waals surface area (Å²) in [6, 6.07) is 19.5. The van der Waals surface area contributed by atoms with Crippen LogP contribution in [0.4, 0.5) is 5.69 Å². The van der Waals surface area contributed by atoms with Gasteiger partial charge in [0.1, 0.15) is 0 Å². The molecule has 4 rings (SSSR count). The maximum atomic E-state index is 12.1. The fraction of sp³-hybridized carbons (Fsp3) is 0.192. The van der Waals surface area contributed by atoms with E-state index in [1.165, 1.54) is 6.08 Å². The third-order valence-electron chi connectivity index (χ3n) is 5.33. The lowest BCUT2D eigenvalue weighted by Crippen LogP contribution is -2.34. The number of halogens is 1. The number of benzene rings is 2. The van der Waals surface area contributed by atoms with Crippen molar-refractivity contribution < 1.29 is 4.79 Å². The topological polar surface area (TPSA) is 70.2 Å². The number of carbonyl (C=O) groups is 1. The largest absolute Gasteiger partial charge is 0.383 e. The van der Waals surface area contributed by atoms with Gasteiger partial charge in [0, 0.05) is 59.9 Å². The highest BCUT2D eigenvalue weighted by atomic mass is 35.5. The van der Waals surface area contributed by atoms with E-state index in [9.17, 15) is 4.79 Å². The minimum Gasteiger partial charge on any atom is -0.383 e. The minimum absolute atomic E-state index is 0.126. The van der Waals surface area contributed by atoms with Crippen molar-refractivity contribution in [3.8, 4) is 0 Å². The van der Waals surface area contributed by atoms with E-state index < -0.39 is 0 Å². The molecule has 2 aromatic carbocycles. The number of nitrogens with one attached hydrogen (secondary N) is 2. The Kier molecular flexibility index (Phi) is 7.50. The Labute approximate surface area is 198 Å². The molecule has 2 N–H and O–H groups in total. The van der Waals surface area contributed by atoms with E-state index in [4.69, 9.17) is 11.6 Å². The molecule has 1 amide bonds. The summed E-state index contributed by atoms with van der Waals surface area (Å²) >= 11 is 6.06. The molecule has 0 aliphatic rings. The molecule has 0 bridgehead atoms. The molecule has 0 saturated heterocycles. The molecule has 0 spiro atoms. The third-order valence-corrected chi connectivity index (χ3v) is 5.57. The van der Waals surface area contributed by atoms with Gasteiger partial charge in [0.25, 0.3) is 0 Å². The van der Waals surface area contributed by atoms with Crippen LogP contribution in [0.1, 0.15) is 5.69 Å². The molecular weight excluding hydrogens is 434 g/mol. The molecule has 0 aliphatic carbocycles. The van der Waals surface area contributed by atoms with Gasteiger partial charge in [0.15, 0.2) is 0 Å². The summed E-state index contributed by atoms with van der Waals surface area (Å²) in [6.45, 7) is 2.94. The van der Waals surface area contributed by atoms with Gasteiger partial charge in [-0.2, -0.15) is 0 Å². The van der Waals surface area contributed by atoms with Crippen LogP contribution >= 0.6 is 11.6 Å². The Bertz CT molecular complexity index is 1290. The first-order valence-electron chi connectivity index (χ1n) is 10.9. The molecule has 7 heteroatoms. The molecule has 2 aromatic heterocycles. The summed E-state index contributed by atoms with van der Waals surface area (Å²) in [4.78, 5) is 23.2.